The monoisotopic (exact) mass is 986 g/mol. The number of methoxy groups -OCH3 is 1. The summed E-state index contributed by atoms with van der Waals surface area (Å²) in [5, 5.41) is 27.9. The smallest absolute Gasteiger partial charge is 0.338 e. The average molecular weight is 987 g/mol. The van der Waals surface area contributed by atoms with E-state index in [1.165, 1.54) is 94.0 Å². The molecule has 0 saturated carbocycles. The zero-order valence-electron chi connectivity index (χ0n) is 38.1. The van der Waals surface area contributed by atoms with Gasteiger partial charge in [0.05, 0.1) is 67.7 Å². The zero-order chi connectivity index (χ0) is 49.6. The molecular formula is C42H58N2O17S3Si. The summed E-state index contributed by atoms with van der Waals surface area (Å²) in [6.45, 7) is 17.1. The van der Waals surface area contributed by atoms with Gasteiger partial charge in [-0.15, -0.1) is 0 Å². The molecule has 2 atom stereocenters. The van der Waals surface area contributed by atoms with Crippen molar-refractivity contribution in [3.05, 3.63) is 84.2 Å². The van der Waals surface area contributed by atoms with E-state index in [0.29, 0.717) is 6.61 Å². The molecule has 0 radical (unpaired) electrons. The molecule has 2 aromatic carbocycles. The Morgan fingerprint density at radius 1 is 0.723 bits per heavy atom. The standard InChI is InChI=1S/C17H19NO7S.C15H15NO6S.C10H24O4SSi/c1-3-26(22,23)16-5-4-13(9-18-16)25-15-7-12(17(20)21)6-14(8-15)24-11(2)10-19;1-3-23(19,20)14-5-4-12(9-16-14)22-13-7-10(15(18)21-2)6-11(17)8-13;1-9(14-15(5,11)12)8-13-16(6,7)10(2,3)4/h4-9,11,19H,3,10H2,1-2H3,(H,20,21);4-9,17H,3H2,1-2H3;9H,8H2,1-7H3/t11-;;9-/m0.1/s1. The molecule has 0 spiro atoms. The number of carboxylic acid groups (broad SMARTS) is 1. The molecule has 0 unspecified atom stereocenters. The number of phenols is 1. The second-order valence-electron chi connectivity index (χ2n) is 15.7. The van der Waals surface area contributed by atoms with Crippen molar-refractivity contribution >= 4 is 50.0 Å². The van der Waals surface area contributed by atoms with Crippen LogP contribution in [0.5, 0.6) is 34.5 Å². The summed E-state index contributed by atoms with van der Waals surface area (Å²) in [5.41, 5.74) is 0.0708. The van der Waals surface area contributed by atoms with E-state index in [9.17, 15) is 45.1 Å². The van der Waals surface area contributed by atoms with E-state index in [2.05, 4.69) is 48.6 Å². The summed E-state index contributed by atoms with van der Waals surface area (Å²) in [6.07, 6.45) is 2.60. The molecule has 2 heterocycles. The Bertz CT molecular complexity index is 2550. The molecule has 0 saturated heterocycles. The highest BCUT2D eigenvalue weighted by Gasteiger charge is 2.37. The lowest BCUT2D eigenvalue weighted by Gasteiger charge is -2.36. The van der Waals surface area contributed by atoms with Gasteiger partial charge in [-0.05, 0) is 80.5 Å². The minimum atomic E-state index is -3.42. The number of rotatable bonds is 18. The number of esters is 1. The number of phenolic OH excluding ortho intramolecular Hbond substituents is 1. The van der Waals surface area contributed by atoms with Crippen molar-refractivity contribution < 1.29 is 77.7 Å². The number of carbonyl (C=O) groups is 2. The summed E-state index contributed by atoms with van der Waals surface area (Å²) >= 11 is 0. The van der Waals surface area contributed by atoms with E-state index in [-0.39, 0.29) is 78.8 Å². The quantitative estimate of drug-likeness (QED) is 0.0534. The first-order valence-corrected chi connectivity index (χ1v) is 27.8. The highest BCUT2D eigenvalue weighted by atomic mass is 32.2. The number of pyridine rings is 2. The van der Waals surface area contributed by atoms with Gasteiger partial charge in [-0.2, -0.15) is 8.42 Å². The Morgan fingerprint density at radius 3 is 1.60 bits per heavy atom. The highest BCUT2D eigenvalue weighted by Crippen LogP contribution is 2.37. The highest BCUT2D eigenvalue weighted by molar-refractivity contribution is 7.91. The van der Waals surface area contributed by atoms with Crippen molar-refractivity contribution in [2.24, 2.45) is 0 Å². The van der Waals surface area contributed by atoms with Crippen molar-refractivity contribution in [2.75, 3.05) is 38.1 Å². The zero-order valence-corrected chi connectivity index (χ0v) is 41.5. The van der Waals surface area contributed by atoms with Crippen molar-refractivity contribution in [2.45, 2.75) is 88.9 Å². The molecule has 0 amide bonds. The molecule has 23 heteroatoms. The molecule has 65 heavy (non-hydrogen) atoms. The van der Waals surface area contributed by atoms with E-state index in [1.807, 2.05) is 0 Å². The number of ether oxygens (including phenoxy) is 4. The molecule has 3 N–H and O–H groups in total. The van der Waals surface area contributed by atoms with E-state index >= 15 is 0 Å². The first-order valence-electron chi connectivity index (χ1n) is 19.8. The van der Waals surface area contributed by atoms with Gasteiger partial charge in [0, 0.05) is 12.1 Å². The molecule has 4 aromatic rings. The number of aromatic nitrogens is 2. The van der Waals surface area contributed by atoms with Crippen LogP contribution in [-0.4, -0.2) is 121 Å². The van der Waals surface area contributed by atoms with E-state index < -0.39 is 62.3 Å². The maximum atomic E-state index is 11.8. The maximum Gasteiger partial charge on any atom is 0.338 e. The van der Waals surface area contributed by atoms with Crippen molar-refractivity contribution in [3.63, 3.8) is 0 Å². The number of carbonyl (C=O) groups excluding carboxylic acids is 1. The fraction of sp³-hybridized carbons (Fsp3) is 0.429. The van der Waals surface area contributed by atoms with Crippen LogP contribution in [0.2, 0.25) is 18.1 Å². The van der Waals surface area contributed by atoms with Crippen molar-refractivity contribution in [1.82, 2.24) is 9.97 Å². The third-order valence-electron chi connectivity index (χ3n) is 9.15. The molecule has 0 bridgehead atoms. The van der Waals surface area contributed by atoms with Crippen LogP contribution in [0.3, 0.4) is 0 Å². The molecular weight excluding hydrogens is 929 g/mol. The van der Waals surface area contributed by atoms with E-state index in [1.54, 1.807) is 13.8 Å². The Labute approximate surface area is 381 Å². The third-order valence-corrected chi connectivity index (χ3v) is 17.6. The number of benzene rings is 2. The van der Waals surface area contributed by atoms with Gasteiger partial charge >= 0.3 is 11.9 Å². The number of sulfone groups is 2. The molecule has 0 aliphatic carbocycles. The fourth-order valence-electron chi connectivity index (χ4n) is 4.63. The van der Waals surface area contributed by atoms with E-state index in [0.717, 1.165) is 6.26 Å². The van der Waals surface area contributed by atoms with Crippen LogP contribution in [-0.2, 0) is 43.1 Å². The van der Waals surface area contributed by atoms with Crippen LogP contribution in [0.1, 0.15) is 69.2 Å². The van der Waals surface area contributed by atoms with Gasteiger partial charge in [0.15, 0.2) is 38.0 Å². The molecule has 0 fully saturated rings. The predicted molar refractivity (Wildman–Crippen MR) is 243 cm³/mol. The topological polar surface area (TPSA) is 278 Å². The summed E-state index contributed by atoms with van der Waals surface area (Å²) in [7, 11) is -10.8. The number of aliphatic hydroxyl groups is 1. The molecule has 4 rings (SSSR count). The Hall–Kier alpha value is -5.17. The Balaban J connectivity index is 0.000000345. The van der Waals surface area contributed by atoms with Crippen LogP contribution in [0, 0.1) is 0 Å². The van der Waals surface area contributed by atoms with Gasteiger partial charge < -0.3 is 38.7 Å². The number of carboxylic acids is 1. The summed E-state index contributed by atoms with van der Waals surface area (Å²) in [6, 6.07) is 13.6. The van der Waals surface area contributed by atoms with Gasteiger partial charge in [0.1, 0.15) is 40.6 Å². The van der Waals surface area contributed by atoms with E-state index in [4.69, 9.17) is 27.9 Å². The van der Waals surface area contributed by atoms with Crippen LogP contribution >= 0.6 is 0 Å². The second-order valence-corrected chi connectivity index (χ2v) is 26.5. The number of aromatic carboxylic acids is 1. The minimum Gasteiger partial charge on any atom is -0.508 e. The SMILES string of the molecule is CCS(=O)(=O)c1ccc(Oc2cc(O)cc(C(=O)OC)c2)cn1.CCS(=O)(=O)c1ccc(Oc2cc(O[C@@H](C)CO)cc(C(=O)O)c2)cn1.C[C@H](CO[Si](C)(C)C(C)(C)C)OS(C)(=O)=O. The van der Waals surface area contributed by atoms with Gasteiger partial charge in [-0.25, -0.2) is 36.4 Å². The summed E-state index contributed by atoms with van der Waals surface area (Å²) in [5.74, 6) is -0.963. The molecule has 19 nitrogen and oxygen atoms in total. The Kier molecular flexibility index (Phi) is 20.5. The minimum absolute atomic E-state index is 0.0430. The van der Waals surface area contributed by atoms with Gasteiger partial charge in [0.2, 0.25) is 0 Å². The van der Waals surface area contributed by atoms with Crippen LogP contribution < -0.4 is 14.2 Å². The maximum absolute atomic E-state index is 11.8. The van der Waals surface area contributed by atoms with Gasteiger partial charge in [0.25, 0.3) is 10.1 Å². The first-order chi connectivity index (χ1) is 29.9. The first kappa shape index (κ1) is 56.0. The number of aromatic hydroxyl groups is 1. The Morgan fingerprint density at radius 2 is 1.20 bits per heavy atom. The molecule has 0 aliphatic rings. The van der Waals surface area contributed by atoms with Crippen molar-refractivity contribution in [1.29, 1.82) is 0 Å². The number of hydrogen-bond acceptors (Lipinski definition) is 18. The lowest BCUT2D eigenvalue weighted by atomic mass is 10.2. The molecule has 360 valence electrons. The van der Waals surface area contributed by atoms with Crippen LogP contribution in [0.15, 0.2) is 83.1 Å². The predicted octanol–water partition coefficient (Wildman–Crippen LogP) is 6.66. The lowest BCUT2D eigenvalue weighted by Crippen LogP contribution is -2.42. The summed E-state index contributed by atoms with van der Waals surface area (Å²) in [4.78, 5) is 30.5. The number of nitrogens with zero attached hydrogens (tertiary/aromatic N) is 2. The largest absolute Gasteiger partial charge is 0.508 e. The normalized spacial score (nSPS) is 12.9. The number of hydrogen-bond donors (Lipinski definition) is 3. The molecule has 2 aromatic heterocycles. The van der Waals surface area contributed by atoms with Crippen LogP contribution in [0.25, 0.3) is 0 Å². The lowest BCUT2D eigenvalue weighted by molar-refractivity contribution is 0.0599. The second kappa shape index (κ2) is 23.8. The van der Waals surface area contributed by atoms with Crippen LogP contribution in [0.4, 0.5) is 0 Å². The number of aliphatic hydroxyl groups excluding tert-OH is 1. The summed E-state index contributed by atoms with van der Waals surface area (Å²) < 4.78 is 100. The molecule has 0 aliphatic heterocycles. The third kappa shape index (κ3) is 18.7. The van der Waals surface area contributed by atoms with Gasteiger partial charge in [-0.3, -0.25) is 4.18 Å². The van der Waals surface area contributed by atoms with Crippen molar-refractivity contribution in [3.8, 4) is 34.5 Å². The average Bonchev–Trinajstić information content (AvgIpc) is 3.22. The fourth-order valence-corrected chi connectivity index (χ4v) is 7.93. The van der Waals surface area contributed by atoms with Gasteiger partial charge in [-0.1, -0.05) is 34.6 Å².